The number of aliphatic hydroxyl groups excluding tert-OH is 2. The van der Waals surface area contributed by atoms with Crippen LogP contribution in [0.15, 0.2) is 60.7 Å². The lowest BCUT2D eigenvalue weighted by Gasteiger charge is -2.32. The summed E-state index contributed by atoms with van der Waals surface area (Å²) < 4.78 is 0. The van der Waals surface area contributed by atoms with Gasteiger partial charge in [0.1, 0.15) is 0 Å². The Kier molecular flexibility index (Phi) is 5.44. The number of hydrogen-bond donors (Lipinski definition) is 2. The van der Waals surface area contributed by atoms with Crippen LogP contribution in [0, 0.1) is 5.92 Å². The van der Waals surface area contributed by atoms with E-state index in [2.05, 4.69) is 17.0 Å². The summed E-state index contributed by atoms with van der Waals surface area (Å²) in [6.45, 7) is 1.45. The van der Waals surface area contributed by atoms with Crippen LogP contribution < -0.4 is 0 Å². The van der Waals surface area contributed by atoms with E-state index in [4.69, 9.17) is 0 Å². The molecule has 2 aromatic rings. The van der Waals surface area contributed by atoms with Crippen molar-refractivity contribution in [3.8, 4) is 0 Å². The maximum Gasteiger partial charge on any atom is 0.0917 e. The summed E-state index contributed by atoms with van der Waals surface area (Å²) in [5, 5.41) is 20.4. The molecule has 3 heteroatoms. The van der Waals surface area contributed by atoms with E-state index in [0.29, 0.717) is 12.5 Å². The van der Waals surface area contributed by atoms with Crippen molar-refractivity contribution in [2.45, 2.75) is 31.5 Å². The Bertz CT molecular complexity index is 583. The fourth-order valence-corrected chi connectivity index (χ4v) is 3.18. The fourth-order valence-electron chi connectivity index (χ4n) is 3.18. The topological polar surface area (TPSA) is 43.7 Å². The van der Waals surface area contributed by atoms with Gasteiger partial charge in [-0.3, -0.25) is 4.90 Å². The van der Waals surface area contributed by atoms with Crippen molar-refractivity contribution in [3.05, 3.63) is 71.8 Å². The van der Waals surface area contributed by atoms with Crippen LogP contribution in [0.1, 0.15) is 30.1 Å². The molecule has 1 fully saturated rings. The van der Waals surface area contributed by atoms with Gasteiger partial charge < -0.3 is 10.2 Å². The van der Waals surface area contributed by atoms with Crippen molar-refractivity contribution in [1.29, 1.82) is 0 Å². The molecule has 3 rings (SSSR count). The highest BCUT2D eigenvalue weighted by Crippen LogP contribution is 2.36. The van der Waals surface area contributed by atoms with Gasteiger partial charge in [0.15, 0.2) is 0 Å². The highest BCUT2D eigenvalue weighted by molar-refractivity contribution is 5.18. The van der Waals surface area contributed by atoms with E-state index in [-0.39, 0.29) is 12.6 Å². The van der Waals surface area contributed by atoms with Crippen molar-refractivity contribution in [2.24, 2.45) is 5.92 Å². The van der Waals surface area contributed by atoms with Gasteiger partial charge >= 0.3 is 0 Å². The minimum atomic E-state index is -0.535. The van der Waals surface area contributed by atoms with Crippen LogP contribution in [0.3, 0.4) is 0 Å². The Hall–Kier alpha value is -1.68. The van der Waals surface area contributed by atoms with Crippen LogP contribution in [0.25, 0.3) is 0 Å². The minimum Gasteiger partial charge on any atom is -0.395 e. The van der Waals surface area contributed by atoms with Gasteiger partial charge in [0.05, 0.1) is 12.7 Å². The highest BCUT2D eigenvalue weighted by atomic mass is 16.3. The third-order valence-electron chi connectivity index (χ3n) is 4.64. The summed E-state index contributed by atoms with van der Waals surface area (Å²) in [5.41, 5.74) is 2.14. The molecule has 1 aliphatic carbocycles. The third-order valence-corrected chi connectivity index (χ3v) is 4.64. The maximum atomic E-state index is 10.6. The van der Waals surface area contributed by atoms with E-state index >= 15 is 0 Å². The summed E-state index contributed by atoms with van der Waals surface area (Å²) >= 11 is 0. The lowest BCUT2D eigenvalue weighted by Crippen LogP contribution is -2.41. The predicted octanol–water partition coefficient (Wildman–Crippen LogP) is 2.99. The molecular formula is C20H25NO2. The van der Waals surface area contributed by atoms with Gasteiger partial charge in [0, 0.05) is 19.1 Å². The molecule has 23 heavy (non-hydrogen) atoms. The lowest BCUT2D eigenvalue weighted by molar-refractivity contribution is 0.0477. The first kappa shape index (κ1) is 16.2. The first-order valence-electron chi connectivity index (χ1n) is 8.40. The van der Waals surface area contributed by atoms with E-state index in [1.54, 1.807) is 0 Å². The standard InChI is InChI=1S/C20H25NO2/c22-15-19(17-11-12-17)21(13-16-7-3-1-4-8-16)14-20(23)18-9-5-2-6-10-18/h1-10,17,19-20,22-23H,11-15H2. The van der Waals surface area contributed by atoms with E-state index in [1.807, 2.05) is 48.5 Å². The monoisotopic (exact) mass is 311 g/mol. The lowest BCUT2D eigenvalue weighted by atomic mass is 10.1. The van der Waals surface area contributed by atoms with Crippen molar-refractivity contribution in [2.75, 3.05) is 13.2 Å². The van der Waals surface area contributed by atoms with Crippen LogP contribution >= 0.6 is 0 Å². The molecule has 122 valence electrons. The zero-order chi connectivity index (χ0) is 16.1. The van der Waals surface area contributed by atoms with E-state index in [0.717, 1.165) is 12.1 Å². The average Bonchev–Trinajstić information content (AvgIpc) is 3.42. The molecule has 1 aliphatic rings. The molecule has 2 N–H and O–H groups in total. The van der Waals surface area contributed by atoms with E-state index in [1.165, 1.54) is 18.4 Å². The van der Waals surface area contributed by atoms with E-state index in [9.17, 15) is 10.2 Å². The van der Waals surface area contributed by atoms with Crippen molar-refractivity contribution >= 4 is 0 Å². The molecule has 0 heterocycles. The Morgan fingerprint density at radius 1 is 0.957 bits per heavy atom. The van der Waals surface area contributed by atoms with Gasteiger partial charge in [-0.2, -0.15) is 0 Å². The number of nitrogens with zero attached hydrogens (tertiary/aromatic N) is 1. The molecule has 0 amide bonds. The Labute approximate surface area is 138 Å². The Morgan fingerprint density at radius 2 is 1.57 bits per heavy atom. The second kappa shape index (κ2) is 7.73. The molecule has 0 spiro atoms. The summed E-state index contributed by atoms with van der Waals surface area (Å²) in [6, 6.07) is 20.2. The van der Waals surface area contributed by atoms with Crippen LogP contribution in [-0.2, 0) is 6.54 Å². The first-order chi connectivity index (χ1) is 11.3. The van der Waals surface area contributed by atoms with Crippen molar-refractivity contribution in [1.82, 2.24) is 4.90 Å². The molecule has 0 saturated heterocycles. The predicted molar refractivity (Wildman–Crippen MR) is 91.9 cm³/mol. The zero-order valence-corrected chi connectivity index (χ0v) is 13.4. The fraction of sp³-hybridized carbons (Fsp3) is 0.400. The minimum absolute atomic E-state index is 0.133. The zero-order valence-electron chi connectivity index (χ0n) is 13.4. The van der Waals surface area contributed by atoms with Crippen LogP contribution in [-0.4, -0.2) is 34.3 Å². The summed E-state index contributed by atoms with van der Waals surface area (Å²) in [6.07, 6.45) is 1.82. The first-order valence-corrected chi connectivity index (χ1v) is 8.40. The van der Waals surface area contributed by atoms with Gasteiger partial charge in [-0.25, -0.2) is 0 Å². The maximum absolute atomic E-state index is 10.6. The van der Waals surface area contributed by atoms with Crippen LogP contribution in [0.4, 0.5) is 0 Å². The quantitative estimate of drug-likeness (QED) is 0.787. The summed E-state index contributed by atoms with van der Waals surface area (Å²) in [7, 11) is 0. The SMILES string of the molecule is OCC(C1CC1)N(Cc1ccccc1)CC(O)c1ccccc1. The molecular weight excluding hydrogens is 286 g/mol. The molecule has 2 atom stereocenters. The van der Waals surface area contributed by atoms with Gasteiger partial charge in [-0.15, -0.1) is 0 Å². The molecule has 0 aromatic heterocycles. The largest absolute Gasteiger partial charge is 0.395 e. The normalized spacial score (nSPS) is 17.2. The van der Waals surface area contributed by atoms with Crippen LogP contribution in [0.5, 0.6) is 0 Å². The van der Waals surface area contributed by atoms with Crippen molar-refractivity contribution in [3.63, 3.8) is 0 Å². The number of aliphatic hydroxyl groups is 2. The number of benzene rings is 2. The average molecular weight is 311 g/mol. The van der Waals surface area contributed by atoms with Crippen molar-refractivity contribution < 1.29 is 10.2 Å². The highest BCUT2D eigenvalue weighted by Gasteiger charge is 2.35. The molecule has 2 unspecified atom stereocenters. The second-order valence-electron chi connectivity index (χ2n) is 6.43. The number of rotatable bonds is 8. The molecule has 1 saturated carbocycles. The van der Waals surface area contributed by atoms with Gasteiger partial charge in [-0.05, 0) is 29.9 Å². The third kappa shape index (κ3) is 4.41. The van der Waals surface area contributed by atoms with Crippen LogP contribution in [0.2, 0.25) is 0 Å². The van der Waals surface area contributed by atoms with Gasteiger partial charge in [0.25, 0.3) is 0 Å². The molecule has 0 radical (unpaired) electrons. The van der Waals surface area contributed by atoms with Gasteiger partial charge in [-0.1, -0.05) is 60.7 Å². The molecule has 3 nitrogen and oxygen atoms in total. The summed E-state index contributed by atoms with van der Waals surface area (Å²) in [5.74, 6) is 0.562. The van der Waals surface area contributed by atoms with E-state index < -0.39 is 6.10 Å². The molecule has 2 aromatic carbocycles. The van der Waals surface area contributed by atoms with Gasteiger partial charge in [0.2, 0.25) is 0 Å². The molecule has 0 bridgehead atoms. The Morgan fingerprint density at radius 3 is 2.13 bits per heavy atom. The summed E-state index contributed by atoms with van der Waals surface area (Å²) in [4.78, 5) is 2.24. The molecule has 0 aliphatic heterocycles. The smallest absolute Gasteiger partial charge is 0.0917 e. The number of hydrogen-bond acceptors (Lipinski definition) is 3. The Balaban J connectivity index is 1.74. The second-order valence-corrected chi connectivity index (χ2v) is 6.43.